The summed E-state index contributed by atoms with van der Waals surface area (Å²) in [6.07, 6.45) is 10.6. The monoisotopic (exact) mass is 352 g/mol. The lowest BCUT2D eigenvalue weighted by Crippen LogP contribution is -2.49. The number of aryl methyl sites for hydroxylation is 2. The normalized spacial score (nSPS) is 24.5. The van der Waals surface area contributed by atoms with Crippen LogP contribution in [0.3, 0.4) is 0 Å². The maximum absolute atomic E-state index is 13.2. The molecule has 140 valence electrons. The molecule has 1 amide bonds. The zero-order chi connectivity index (χ0) is 18.3. The van der Waals surface area contributed by atoms with Gasteiger partial charge in [0.25, 0.3) is 0 Å². The van der Waals surface area contributed by atoms with E-state index >= 15 is 0 Å². The number of aromatic nitrogens is 1. The average molecular weight is 353 g/mol. The first kappa shape index (κ1) is 17.6. The van der Waals surface area contributed by atoms with Gasteiger partial charge < -0.3 is 9.47 Å². The van der Waals surface area contributed by atoms with Gasteiger partial charge >= 0.3 is 0 Å². The first-order chi connectivity index (χ1) is 12.6. The van der Waals surface area contributed by atoms with Gasteiger partial charge in [-0.15, -0.1) is 0 Å². The van der Waals surface area contributed by atoms with E-state index in [1.165, 1.54) is 60.6 Å². The zero-order valence-electron chi connectivity index (χ0n) is 16.5. The summed E-state index contributed by atoms with van der Waals surface area (Å²) in [5.41, 5.74) is 3.90. The fourth-order valence-electron chi connectivity index (χ4n) is 5.46. The highest BCUT2D eigenvalue weighted by Gasteiger charge is 2.36. The maximum Gasteiger partial charge on any atom is 0.223 e. The van der Waals surface area contributed by atoms with E-state index in [1.54, 1.807) is 0 Å². The number of benzene rings is 1. The van der Waals surface area contributed by atoms with Crippen molar-refractivity contribution in [3.63, 3.8) is 0 Å². The first-order valence-corrected chi connectivity index (χ1v) is 10.4. The Morgan fingerprint density at radius 1 is 1.19 bits per heavy atom. The number of nitrogens with zero attached hydrogens (tertiary/aromatic N) is 2. The van der Waals surface area contributed by atoms with Crippen LogP contribution < -0.4 is 0 Å². The molecule has 2 fully saturated rings. The third-order valence-corrected chi connectivity index (χ3v) is 6.83. The molecule has 3 unspecified atom stereocenters. The summed E-state index contributed by atoms with van der Waals surface area (Å²) in [6, 6.07) is 7.00. The molecule has 3 heteroatoms. The molecule has 2 aromatic rings. The Balaban J connectivity index is 1.55. The van der Waals surface area contributed by atoms with Crippen molar-refractivity contribution < 1.29 is 4.79 Å². The van der Waals surface area contributed by atoms with E-state index in [9.17, 15) is 4.79 Å². The summed E-state index contributed by atoms with van der Waals surface area (Å²) in [5.74, 6) is 1.40. The number of carbonyl (C=O) groups is 1. The van der Waals surface area contributed by atoms with Crippen LogP contribution in [0.4, 0.5) is 0 Å². The minimum absolute atomic E-state index is 0.260. The van der Waals surface area contributed by atoms with Gasteiger partial charge in [-0.05, 0) is 61.6 Å². The van der Waals surface area contributed by atoms with Crippen LogP contribution in [0, 0.1) is 12.8 Å². The van der Waals surface area contributed by atoms with E-state index in [4.69, 9.17) is 0 Å². The Bertz CT molecular complexity index is 804. The van der Waals surface area contributed by atoms with E-state index in [0.29, 0.717) is 18.4 Å². The van der Waals surface area contributed by atoms with Gasteiger partial charge in [0.2, 0.25) is 5.91 Å². The van der Waals surface area contributed by atoms with Crippen molar-refractivity contribution in [2.75, 3.05) is 6.54 Å². The highest BCUT2D eigenvalue weighted by Crippen LogP contribution is 2.37. The molecule has 3 atom stereocenters. The molecule has 1 aromatic carbocycles. The van der Waals surface area contributed by atoms with Crippen LogP contribution >= 0.6 is 0 Å². The summed E-state index contributed by atoms with van der Waals surface area (Å²) >= 11 is 0. The molecule has 26 heavy (non-hydrogen) atoms. The van der Waals surface area contributed by atoms with Gasteiger partial charge in [0.1, 0.15) is 0 Å². The standard InChI is InChI=1S/C23H32N2O/c1-16-8-6-12-21-23(16)19(15-24(21)3)17(2)14-22(26)25-13-7-10-18-9-4-5-11-20(18)25/h6,8,12,15,17-18,20H,4-5,7,9-11,13-14H2,1-3H3. The van der Waals surface area contributed by atoms with E-state index in [1.807, 2.05) is 0 Å². The van der Waals surface area contributed by atoms with Crippen LogP contribution in [-0.2, 0) is 11.8 Å². The number of likely N-dealkylation sites (tertiary alicyclic amines) is 1. The number of hydrogen-bond donors (Lipinski definition) is 0. The lowest BCUT2D eigenvalue weighted by Gasteiger charge is -2.44. The van der Waals surface area contributed by atoms with Gasteiger partial charge in [0.05, 0.1) is 0 Å². The van der Waals surface area contributed by atoms with Crippen molar-refractivity contribution in [2.45, 2.75) is 70.8 Å². The third-order valence-electron chi connectivity index (χ3n) is 6.83. The minimum Gasteiger partial charge on any atom is -0.350 e. The van der Waals surface area contributed by atoms with Gasteiger partial charge in [-0.3, -0.25) is 4.79 Å². The minimum atomic E-state index is 0.260. The summed E-state index contributed by atoms with van der Waals surface area (Å²) < 4.78 is 2.21. The second kappa shape index (κ2) is 7.09. The predicted octanol–water partition coefficient (Wildman–Crippen LogP) is 5.16. The van der Waals surface area contributed by atoms with Crippen molar-refractivity contribution >= 4 is 16.8 Å². The van der Waals surface area contributed by atoms with Crippen LogP contribution in [0.25, 0.3) is 10.9 Å². The quantitative estimate of drug-likeness (QED) is 0.749. The van der Waals surface area contributed by atoms with Gasteiger partial charge in [-0.2, -0.15) is 0 Å². The van der Waals surface area contributed by atoms with E-state index in [0.717, 1.165) is 12.5 Å². The van der Waals surface area contributed by atoms with Crippen molar-refractivity contribution in [2.24, 2.45) is 13.0 Å². The number of amides is 1. The number of fused-ring (bicyclic) bond motifs is 2. The van der Waals surface area contributed by atoms with Gasteiger partial charge in [0.15, 0.2) is 0 Å². The van der Waals surface area contributed by atoms with E-state index in [-0.39, 0.29) is 5.92 Å². The molecule has 0 N–H and O–H groups in total. The van der Waals surface area contributed by atoms with Crippen LogP contribution in [-0.4, -0.2) is 28.0 Å². The van der Waals surface area contributed by atoms with Crippen molar-refractivity contribution in [3.05, 3.63) is 35.5 Å². The first-order valence-electron chi connectivity index (χ1n) is 10.4. The Morgan fingerprint density at radius 3 is 2.81 bits per heavy atom. The van der Waals surface area contributed by atoms with Crippen molar-refractivity contribution in [1.82, 2.24) is 9.47 Å². The van der Waals surface area contributed by atoms with Crippen LogP contribution in [0.2, 0.25) is 0 Å². The second-order valence-corrected chi connectivity index (χ2v) is 8.61. The lowest BCUT2D eigenvalue weighted by atomic mass is 9.78. The maximum atomic E-state index is 13.2. The lowest BCUT2D eigenvalue weighted by molar-refractivity contribution is -0.137. The molecule has 0 bridgehead atoms. The second-order valence-electron chi connectivity index (χ2n) is 8.61. The summed E-state index contributed by atoms with van der Waals surface area (Å²) in [5, 5.41) is 1.34. The molecule has 1 aromatic heterocycles. The zero-order valence-corrected chi connectivity index (χ0v) is 16.5. The molecule has 2 heterocycles. The Kier molecular flexibility index (Phi) is 4.81. The molecule has 1 aliphatic heterocycles. The average Bonchev–Trinajstić information content (AvgIpc) is 2.99. The Hall–Kier alpha value is -1.77. The van der Waals surface area contributed by atoms with E-state index < -0.39 is 0 Å². The summed E-state index contributed by atoms with van der Waals surface area (Å²) in [4.78, 5) is 15.4. The number of carbonyl (C=O) groups excluding carboxylic acids is 1. The van der Waals surface area contributed by atoms with Crippen molar-refractivity contribution in [3.8, 4) is 0 Å². The molecular formula is C23H32N2O. The predicted molar refractivity (Wildman–Crippen MR) is 107 cm³/mol. The Morgan fingerprint density at radius 2 is 1.96 bits per heavy atom. The molecule has 1 saturated carbocycles. The molecule has 0 spiro atoms. The fraction of sp³-hybridized carbons (Fsp3) is 0.609. The molecule has 2 aliphatic rings. The highest BCUT2D eigenvalue weighted by atomic mass is 16.2. The molecule has 3 nitrogen and oxygen atoms in total. The molecule has 1 saturated heterocycles. The summed E-state index contributed by atoms with van der Waals surface area (Å²) in [7, 11) is 2.11. The highest BCUT2D eigenvalue weighted by molar-refractivity contribution is 5.88. The molecule has 1 aliphatic carbocycles. The molecular weight excluding hydrogens is 320 g/mol. The van der Waals surface area contributed by atoms with Gasteiger partial charge in [-0.1, -0.05) is 31.9 Å². The number of hydrogen-bond acceptors (Lipinski definition) is 1. The number of rotatable bonds is 3. The fourth-order valence-corrected chi connectivity index (χ4v) is 5.46. The topological polar surface area (TPSA) is 25.2 Å². The smallest absolute Gasteiger partial charge is 0.223 e. The Labute approximate surface area is 157 Å². The van der Waals surface area contributed by atoms with Gasteiger partial charge in [0, 0.05) is 43.2 Å². The molecule has 4 rings (SSSR count). The number of piperidine rings is 1. The molecule has 0 radical (unpaired) electrons. The van der Waals surface area contributed by atoms with Crippen LogP contribution in [0.15, 0.2) is 24.4 Å². The van der Waals surface area contributed by atoms with Crippen molar-refractivity contribution in [1.29, 1.82) is 0 Å². The van der Waals surface area contributed by atoms with Crippen LogP contribution in [0.1, 0.15) is 68.9 Å². The SMILES string of the molecule is Cc1cccc2c1c(C(C)CC(=O)N1CCCC3CCCCC31)cn2C. The third kappa shape index (κ3) is 3.06. The van der Waals surface area contributed by atoms with E-state index in [2.05, 4.69) is 54.8 Å². The van der Waals surface area contributed by atoms with Gasteiger partial charge in [-0.25, -0.2) is 0 Å². The summed E-state index contributed by atoms with van der Waals surface area (Å²) in [6.45, 7) is 5.38. The largest absolute Gasteiger partial charge is 0.350 e. The van der Waals surface area contributed by atoms with Crippen LogP contribution in [0.5, 0.6) is 0 Å².